The number of aliphatic hydroxyl groups excluding tert-OH is 1. The van der Waals surface area contributed by atoms with Crippen LogP contribution in [0.3, 0.4) is 0 Å². The molecule has 0 aromatic rings. The molecule has 2 aliphatic heterocycles. The third-order valence-corrected chi connectivity index (χ3v) is 2.37. The third kappa shape index (κ3) is 1.47. The van der Waals surface area contributed by atoms with Gasteiger partial charge in [-0.1, -0.05) is 0 Å². The lowest BCUT2D eigenvalue weighted by Crippen LogP contribution is -2.35. The lowest BCUT2D eigenvalue weighted by atomic mass is 10.1. The Balaban J connectivity index is 2.12. The van der Waals surface area contributed by atoms with Crippen LogP contribution in [-0.2, 0) is 14.2 Å². The SMILES string of the molecule is CC1(C)O[C@@H]2[C@H](O1)[C@H](CO)O[C@H]2N. The van der Waals surface area contributed by atoms with Crippen molar-refractivity contribution in [3.63, 3.8) is 0 Å². The van der Waals surface area contributed by atoms with Gasteiger partial charge in [0.25, 0.3) is 0 Å². The van der Waals surface area contributed by atoms with E-state index in [1.165, 1.54) is 0 Å². The highest BCUT2D eigenvalue weighted by Crippen LogP contribution is 2.36. The number of nitrogens with two attached hydrogens (primary N) is 1. The molecule has 76 valence electrons. The maximum atomic E-state index is 8.98. The first-order valence-electron chi connectivity index (χ1n) is 4.41. The predicted molar refractivity (Wildman–Crippen MR) is 43.8 cm³/mol. The van der Waals surface area contributed by atoms with Crippen LogP contribution in [0.1, 0.15) is 13.8 Å². The van der Waals surface area contributed by atoms with Gasteiger partial charge in [0.05, 0.1) is 6.61 Å². The van der Waals surface area contributed by atoms with E-state index < -0.39 is 12.0 Å². The maximum absolute atomic E-state index is 8.98. The zero-order chi connectivity index (χ0) is 9.64. The largest absolute Gasteiger partial charge is 0.394 e. The molecule has 0 aliphatic carbocycles. The Bertz CT molecular complexity index is 208. The molecule has 0 amide bonds. The molecule has 13 heavy (non-hydrogen) atoms. The Labute approximate surface area is 76.8 Å². The van der Waals surface area contributed by atoms with E-state index >= 15 is 0 Å². The minimum absolute atomic E-state index is 0.0890. The summed E-state index contributed by atoms with van der Waals surface area (Å²) in [5.74, 6) is -0.621. The lowest BCUT2D eigenvalue weighted by Gasteiger charge is -2.21. The number of ether oxygens (including phenoxy) is 3. The van der Waals surface area contributed by atoms with Crippen molar-refractivity contribution >= 4 is 0 Å². The second kappa shape index (κ2) is 2.90. The van der Waals surface area contributed by atoms with Gasteiger partial charge in [0.15, 0.2) is 5.79 Å². The van der Waals surface area contributed by atoms with Crippen molar-refractivity contribution in [2.75, 3.05) is 6.61 Å². The quantitative estimate of drug-likeness (QED) is 0.564. The van der Waals surface area contributed by atoms with Gasteiger partial charge in [0.1, 0.15) is 24.5 Å². The summed E-state index contributed by atoms with van der Waals surface area (Å²) in [6.45, 7) is 3.56. The average Bonchev–Trinajstić information content (AvgIpc) is 2.47. The Morgan fingerprint density at radius 3 is 2.54 bits per heavy atom. The summed E-state index contributed by atoms with van der Waals surface area (Å²) >= 11 is 0. The second-order valence-corrected chi connectivity index (χ2v) is 3.89. The van der Waals surface area contributed by atoms with E-state index in [0.717, 1.165) is 0 Å². The van der Waals surface area contributed by atoms with Gasteiger partial charge in [-0.25, -0.2) is 0 Å². The Morgan fingerprint density at radius 1 is 1.31 bits per heavy atom. The summed E-state index contributed by atoms with van der Waals surface area (Å²) in [7, 11) is 0. The molecule has 0 spiro atoms. The topological polar surface area (TPSA) is 73.9 Å². The fraction of sp³-hybridized carbons (Fsp3) is 1.00. The van der Waals surface area contributed by atoms with Gasteiger partial charge in [0.2, 0.25) is 0 Å². The second-order valence-electron chi connectivity index (χ2n) is 3.89. The summed E-state index contributed by atoms with van der Waals surface area (Å²) in [6.07, 6.45) is -1.35. The highest BCUT2D eigenvalue weighted by molar-refractivity contribution is 4.95. The summed E-state index contributed by atoms with van der Waals surface area (Å²) in [5.41, 5.74) is 5.67. The number of hydrogen-bond acceptors (Lipinski definition) is 5. The molecule has 3 N–H and O–H groups in total. The molecule has 0 aromatic heterocycles. The van der Waals surface area contributed by atoms with E-state index in [9.17, 15) is 0 Å². The Hall–Kier alpha value is -0.200. The summed E-state index contributed by atoms with van der Waals surface area (Å²) < 4.78 is 16.3. The van der Waals surface area contributed by atoms with Gasteiger partial charge in [-0.2, -0.15) is 0 Å². The fourth-order valence-corrected chi connectivity index (χ4v) is 1.86. The molecule has 2 saturated heterocycles. The predicted octanol–water partition coefficient (Wildman–Crippen LogP) is -0.818. The average molecular weight is 189 g/mol. The number of aliphatic hydroxyl groups is 1. The van der Waals surface area contributed by atoms with Crippen LogP contribution < -0.4 is 5.73 Å². The van der Waals surface area contributed by atoms with Gasteiger partial charge < -0.3 is 25.1 Å². The molecule has 0 bridgehead atoms. The normalized spacial score (nSPS) is 48.0. The van der Waals surface area contributed by atoms with E-state index in [0.29, 0.717) is 0 Å². The molecule has 0 unspecified atom stereocenters. The van der Waals surface area contributed by atoms with E-state index in [4.69, 9.17) is 25.1 Å². The molecule has 5 heteroatoms. The van der Waals surface area contributed by atoms with E-state index in [1.54, 1.807) is 0 Å². The molecule has 4 atom stereocenters. The first-order chi connectivity index (χ1) is 6.03. The van der Waals surface area contributed by atoms with Crippen molar-refractivity contribution < 1.29 is 19.3 Å². The van der Waals surface area contributed by atoms with Gasteiger partial charge in [0, 0.05) is 0 Å². The number of fused-ring (bicyclic) bond motifs is 1. The van der Waals surface area contributed by atoms with Crippen LogP contribution in [0.4, 0.5) is 0 Å². The van der Waals surface area contributed by atoms with Crippen molar-refractivity contribution in [3.8, 4) is 0 Å². The van der Waals surface area contributed by atoms with Crippen molar-refractivity contribution in [2.24, 2.45) is 5.73 Å². The number of hydrogen-bond donors (Lipinski definition) is 2. The summed E-state index contributed by atoms with van der Waals surface area (Å²) in [4.78, 5) is 0. The Kier molecular flexibility index (Phi) is 2.08. The van der Waals surface area contributed by atoms with Crippen molar-refractivity contribution in [3.05, 3.63) is 0 Å². The molecule has 5 nitrogen and oxygen atoms in total. The highest BCUT2D eigenvalue weighted by Gasteiger charge is 2.53. The number of rotatable bonds is 1. The molecule has 0 saturated carbocycles. The van der Waals surface area contributed by atoms with Crippen molar-refractivity contribution in [2.45, 2.75) is 44.2 Å². The monoisotopic (exact) mass is 189 g/mol. The van der Waals surface area contributed by atoms with Crippen LogP contribution in [-0.4, -0.2) is 42.0 Å². The van der Waals surface area contributed by atoms with Crippen LogP contribution in [0.5, 0.6) is 0 Å². The Morgan fingerprint density at radius 2 is 1.92 bits per heavy atom. The van der Waals surface area contributed by atoms with Crippen LogP contribution >= 0.6 is 0 Å². The third-order valence-electron chi connectivity index (χ3n) is 2.37. The first-order valence-corrected chi connectivity index (χ1v) is 4.41. The van der Waals surface area contributed by atoms with Crippen molar-refractivity contribution in [1.29, 1.82) is 0 Å². The van der Waals surface area contributed by atoms with E-state index in [2.05, 4.69) is 0 Å². The van der Waals surface area contributed by atoms with Crippen LogP contribution in [0.2, 0.25) is 0 Å². The minimum Gasteiger partial charge on any atom is -0.394 e. The zero-order valence-electron chi connectivity index (χ0n) is 7.77. The van der Waals surface area contributed by atoms with E-state index in [-0.39, 0.29) is 24.9 Å². The van der Waals surface area contributed by atoms with Crippen LogP contribution in [0.15, 0.2) is 0 Å². The fourth-order valence-electron chi connectivity index (χ4n) is 1.86. The molecule has 2 heterocycles. The lowest BCUT2D eigenvalue weighted by molar-refractivity contribution is -0.189. The molecule has 2 aliphatic rings. The summed E-state index contributed by atoms with van der Waals surface area (Å²) in [5, 5.41) is 8.98. The first kappa shape index (κ1) is 9.36. The van der Waals surface area contributed by atoms with Crippen LogP contribution in [0.25, 0.3) is 0 Å². The van der Waals surface area contributed by atoms with Gasteiger partial charge in [-0.15, -0.1) is 0 Å². The van der Waals surface area contributed by atoms with E-state index in [1.807, 2.05) is 13.8 Å². The maximum Gasteiger partial charge on any atom is 0.164 e. The molecule has 0 radical (unpaired) electrons. The smallest absolute Gasteiger partial charge is 0.164 e. The minimum atomic E-state index is -0.621. The van der Waals surface area contributed by atoms with Gasteiger partial charge in [-0.3, -0.25) is 0 Å². The van der Waals surface area contributed by atoms with Crippen LogP contribution in [0, 0.1) is 0 Å². The van der Waals surface area contributed by atoms with Gasteiger partial charge in [-0.05, 0) is 13.8 Å². The molecule has 2 rings (SSSR count). The molecule has 2 fully saturated rings. The van der Waals surface area contributed by atoms with Gasteiger partial charge >= 0.3 is 0 Å². The molecule has 0 aromatic carbocycles. The zero-order valence-corrected chi connectivity index (χ0v) is 7.77. The van der Waals surface area contributed by atoms with Crippen molar-refractivity contribution in [1.82, 2.24) is 0 Å². The summed E-state index contributed by atoms with van der Waals surface area (Å²) in [6, 6.07) is 0. The highest BCUT2D eigenvalue weighted by atomic mass is 16.8. The molecular weight excluding hydrogens is 174 g/mol. The standard InChI is InChI=1S/C8H15NO4/c1-8(2)12-5-4(3-10)11-7(9)6(5)13-8/h4-7,10H,3,9H2,1-2H3/t4-,5+,6+,7+/m0/s1. The molecular formula is C8H15NO4.